The number of aryl methyl sites for hydroxylation is 1. The van der Waals surface area contributed by atoms with Crippen molar-refractivity contribution in [1.29, 1.82) is 0 Å². The van der Waals surface area contributed by atoms with Crippen LogP contribution in [0.4, 0.5) is 13.2 Å². The van der Waals surface area contributed by atoms with Gasteiger partial charge in [-0.1, -0.05) is 12.5 Å². The minimum Gasteiger partial charge on any atom is -0.345 e. The van der Waals surface area contributed by atoms with Gasteiger partial charge >= 0.3 is 6.18 Å². The van der Waals surface area contributed by atoms with Crippen LogP contribution >= 0.6 is 0 Å². The highest BCUT2D eigenvalue weighted by atomic mass is 32.2. The molecule has 2 aromatic heterocycles. The number of hydrogen-bond donors (Lipinski definition) is 1. The van der Waals surface area contributed by atoms with E-state index in [0.717, 1.165) is 35.9 Å². The summed E-state index contributed by atoms with van der Waals surface area (Å²) in [4.78, 5) is 12.8. The van der Waals surface area contributed by atoms with Crippen molar-refractivity contribution < 1.29 is 26.4 Å². The van der Waals surface area contributed by atoms with E-state index in [0.29, 0.717) is 18.7 Å². The molecule has 0 bridgehead atoms. The van der Waals surface area contributed by atoms with Crippen LogP contribution in [0.3, 0.4) is 0 Å². The van der Waals surface area contributed by atoms with Crippen molar-refractivity contribution in [1.82, 2.24) is 24.2 Å². The molecule has 4 rings (SSSR count). The van der Waals surface area contributed by atoms with Gasteiger partial charge in [0.05, 0.1) is 17.0 Å². The van der Waals surface area contributed by atoms with Gasteiger partial charge in [0.1, 0.15) is 0 Å². The first-order valence-electron chi connectivity index (χ1n) is 10.4. The fraction of sp³-hybridized carbons (Fsp3) is 0.381. The summed E-state index contributed by atoms with van der Waals surface area (Å²) in [7, 11) is -3.73. The highest BCUT2D eigenvalue weighted by Crippen LogP contribution is 2.29. The Labute approximate surface area is 188 Å². The zero-order valence-electron chi connectivity index (χ0n) is 17.8. The van der Waals surface area contributed by atoms with Crippen molar-refractivity contribution in [2.45, 2.75) is 43.8 Å². The first-order valence-corrected chi connectivity index (χ1v) is 11.8. The summed E-state index contributed by atoms with van der Waals surface area (Å²) < 4.78 is 67.8. The van der Waals surface area contributed by atoms with Crippen molar-refractivity contribution >= 4 is 21.6 Å². The fourth-order valence-electron chi connectivity index (χ4n) is 3.75. The molecular formula is C21H22F3N5O3S. The first kappa shape index (κ1) is 23.2. The zero-order valence-corrected chi connectivity index (χ0v) is 18.6. The van der Waals surface area contributed by atoms with E-state index in [1.165, 1.54) is 22.5 Å². The van der Waals surface area contributed by atoms with Crippen LogP contribution in [0.5, 0.6) is 0 Å². The number of fused-ring (bicyclic) bond motifs is 1. The van der Waals surface area contributed by atoms with E-state index in [1.54, 1.807) is 13.0 Å². The molecule has 176 valence electrons. The van der Waals surface area contributed by atoms with Gasteiger partial charge in [-0.15, -0.1) is 10.2 Å². The van der Waals surface area contributed by atoms with E-state index in [-0.39, 0.29) is 28.5 Å². The van der Waals surface area contributed by atoms with Crippen LogP contribution in [0.2, 0.25) is 0 Å². The second-order valence-corrected chi connectivity index (χ2v) is 9.79. The van der Waals surface area contributed by atoms with Gasteiger partial charge in [-0.05, 0) is 49.6 Å². The van der Waals surface area contributed by atoms with Gasteiger partial charge in [0, 0.05) is 24.8 Å². The summed E-state index contributed by atoms with van der Waals surface area (Å²) in [5.41, 5.74) is -0.00721. The molecule has 1 fully saturated rings. The molecule has 1 N–H and O–H groups in total. The largest absolute Gasteiger partial charge is 0.417 e. The summed E-state index contributed by atoms with van der Waals surface area (Å²) in [5.74, 6) is -0.466. The molecule has 1 aliphatic rings. The standard InChI is InChI=1S/C21H22F3N5O3S/c1-14-5-6-15(11-17(14)33(31,32)28-9-3-2-4-10-28)20(30)25-12-19-27-26-18-8-7-16(13-29(18)19)21(22,23)24/h5-8,11,13H,2-4,9-10,12H2,1H3,(H,25,30). The van der Waals surface area contributed by atoms with Gasteiger partial charge in [0.2, 0.25) is 10.0 Å². The number of sulfonamides is 1. The number of carbonyl (C=O) groups is 1. The third-order valence-corrected chi connectivity index (χ3v) is 7.63. The van der Waals surface area contributed by atoms with Crippen LogP contribution < -0.4 is 5.32 Å². The smallest absolute Gasteiger partial charge is 0.345 e. The lowest BCUT2D eigenvalue weighted by Gasteiger charge is -2.26. The van der Waals surface area contributed by atoms with E-state index in [1.807, 2.05) is 0 Å². The molecule has 12 heteroatoms. The summed E-state index contributed by atoms with van der Waals surface area (Å²) in [5, 5.41) is 10.2. The molecule has 33 heavy (non-hydrogen) atoms. The predicted octanol–water partition coefficient (Wildman–Crippen LogP) is 3.16. The van der Waals surface area contributed by atoms with Crippen LogP contribution in [0.1, 0.15) is 46.6 Å². The van der Waals surface area contributed by atoms with Crippen molar-refractivity contribution in [3.63, 3.8) is 0 Å². The van der Waals surface area contributed by atoms with Crippen LogP contribution in [-0.2, 0) is 22.7 Å². The first-order chi connectivity index (χ1) is 15.6. The number of rotatable bonds is 5. The summed E-state index contributed by atoms with van der Waals surface area (Å²) >= 11 is 0. The van der Waals surface area contributed by atoms with Crippen molar-refractivity contribution in [3.05, 3.63) is 59.0 Å². The maximum atomic E-state index is 13.1. The summed E-state index contributed by atoms with van der Waals surface area (Å²) in [6.45, 7) is 2.36. The van der Waals surface area contributed by atoms with Gasteiger partial charge in [0.25, 0.3) is 5.91 Å². The van der Waals surface area contributed by atoms with Gasteiger partial charge in [0.15, 0.2) is 11.5 Å². The predicted molar refractivity (Wildman–Crippen MR) is 113 cm³/mol. The molecule has 1 saturated heterocycles. The fourth-order valence-corrected chi connectivity index (χ4v) is 5.52. The number of nitrogens with zero attached hydrogens (tertiary/aromatic N) is 4. The number of pyridine rings is 1. The van der Waals surface area contributed by atoms with Gasteiger partial charge in [-0.25, -0.2) is 8.42 Å². The quantitative estimate of drug-likeness (QED) is 0.604. The highest BCUT2D eigenvalue weighted by Gasteiger charge is 2.31. The summed E-state index contributed by atoms with van der Waals surface area (Å²) in [6.07, 6.45) is -1.10. The monoisotopic (exact) mass is 481 g/mol. The molecule has 3 aromatic rings. The Bertz CT molecular complexity index is 1300. The third kappa shape index (κ3) is 4.71. The topological polar surface area (TPSA) is 96.7 Å². The number of carbonyl (C=O) groups excluding carboxylic acids is 1. The van der Waals surface area contributed by atoms with Crippen molar-refractivity contribution in [3.8, 4) is 0 Å². The Hall–Kier alpha value is -2.99. The van der Waals surface area contributed by atoms with E-state index >= 15 is 0 Å². The Morgan fingerprint density at radius 1 is 1.09 bits per heavy atom. The Kier molecular flexibility index (Phi) is 6.14. The number of nitrogens with one attached hydrogen (secondary N) is 1. The van der Waals surface area contributed by atoms with E-state index in [2.05, 4.69) is 15.5 Å². The number of hydrogen-bond acceptors (Lipinski definition) is 5. The lowest BCUT2D eigenvalue weighted by Crippen LogP contribution is -2.36. The lowest BCUT2D eigenvalue weighted by molar-refractivity contribution is -0.137. The van der Waals surface area contributed by atoms with Crippen LogP contribution in [0.15, 0.2) is 41.4 Å². The van der Waals surface area contributed by atoms with Gasteiger partial charge in [-0.2, -0.15) is 17.5 Å². The maximum Gasteiger partial charge on any atom is 0.417 e. The van der Waals surface area contributed by atoms with E-state index in [9.17, 15) is 26.4 Å². The molecule has 0 unspecified atom stereocenters. The van der Waals surface area contributed by atoms with Crippen molar-refractivity contribution in [2.24, 2.45) is 0 Å². The normalized spacial score (nSPS) is 15.6. The molecule has 3 heterocycles. The SMILES string of the molecule is Cc1ccc(C(=O)NCc2nnc3ccc(C(F)(F)F)cn23)cc1S(=O)(=O)N1CCCCC1. The van der Waals surface area contributed by atoms with Crippen LogP contribution in [0.25, 0.3) is 5.65 Å². The Balaban J connectivity index is 1.54. The number of alkyl halides is 3. The number of benzene rings is 1. The molecule has 0 saturated carbocycles. The van der Waals surface area contributed by atoms with Gasteiger partial charge < -0.3 is 5.32 Å². The minimum atomic E-state index is -4.53. The molecule has 0 atom stereocenters. The Morgan fingerprint density at radius 3 is 2.52 bits per heavy atom. The second kappa shape index (κ2) is 8.75. The third-order valence-electron chi connectivity index (χ3n) is 5.59. The number of halogens is 3. The molecule has 1 aromatic carbocycles. The number of piperidine rings is 1. The van der Waals surface area contributed by atoms with Crippen LogP contribution in [-0.4, -0.2) is 46.3 Å². The molecule has 0 aliphatic carbocycles. The zero-order chi connectivity index (χ0) is 23.8. The molecule has 1 aliphatic heterocycles. The number of amides is 1. The van der Waals surface area contributed by atoms with Crippen molar-refractivity contribution in [2.75, 3.05) is 13.1 Å². The van der Waals surface area contributed by atoms with E-state index in [4.69, 9.17) is 0 Å². The minimum absolute atomic E-state index is 0.0693. The molecule has 8 nitrogen and oxygen atoms in total. The average Bonchev–Trinajstić information content (AvgIpc) is 3.20. The van der Waals surface area contributed by atoms with E-state index < -0.39 is 27.7 Å². The lowest BCUT2D eigenvalue weighted by atomic mass is 10.1. The molecule has 1 amide bonds. The summed E-state index contributed by atoms with van der Waals surface area (Å²) in [6, 6.07) is 6.50. The molecular weight excluding hydrogens is 459 g/mol. The maximum absolute atomic E-state index is 13.1. The average molecular weight is 482 g/mol. The molecule has 0 spiro atoms. The van der Waals surface area contributed by atoms with Crippen LogP contribution in [0, 0.1) is 6.92 Å². The molecule has 0 radical (unpaired) electrons. The highest BCUT2D eigenvalue weighted by molar-refractivity contribution is 7.89. The Morgan fingerprint density at radius 2 is 1.82 bits per heavy atom. The second-order valence-electron chi connectivity index (χ2n) is 7.89. The number of aromatic nitrogens is 3. The van der Waals surface area contributed by atoms with Gasteiger partial charge in [-0.3, -0.25) is 9.20 Å².